The Kier molecular flexibility index (Phi) is 6.11. The maximum atomic E-state index is 11.4. The quantitative estimate of drug-likeness (QED) is 0.245. The van der Waals surface area contributed by atoms with Gasteiger partial charge in [0.05, 0.1) is 22.7 Å². The Hall–Kier alpha value is -1.89. The van der Waals surface area contributed by atoms with Crippen LogP contribution < -0.4 is 9.16 Å². The maximum absolute atomic E-state index is 11.4. The van der Waals surface area contributed by atoms with E-state index < -0.39 is 13.2 Å². The van der Waals surface area contributed by atoms with E-state index in [0.29, 0.717) is 34.4 Å². The second-order valence-electron chi connectivity index (χ2n) is 7.97. The molecule has 0 amide bonds. The molecule has 7 heteroatoms. The first-order valence-corrected chi connectivity index (χ1v) is 11.4. The number of carbonyl (C=O) groups excluding carboxylic acids is 1. The standard InChI is InChI=1S/C19H29NO5Si/c1-12(2)26(13(3)4,14(5)6)25-19-10-17(20(22)23)15(11-21)9-18(19)24-16-7-8-16/h9-14,16H,7-8H2,1-6H3. The molecule has 1 aromatic rings. The number of nitrogens with zero attached hydrogens (tertiary/aromatic N) is 1. The Morgan fingerprint density at radius 1 is 1.08 bits per heavy atom. The molecular weight excluding hydrogens is 350 g/mol. The summed E-state index contributed by atoms with van der Waals surface area (Å²) in [4.78, 5) is 22.2. The van der Waals surface area contributed by atoms with Crippen molar-refractivity contribution < 1.29 is 18.9 Å². The summed E-state index contributed by atoms with van der Waals surface area (Å²) in [5.74, 6) is 0.844. The Balaban J connectivity index is 2.58. The normalized spacial score (nSPS) is 14.8. The number of nitro benzene ring substituents is 1. The molecule has 2 rings (SSSR count). The van der Waals surface area contributed by atoms with E-state index in [1.54, 1.807) is 0 Å². The molecule has 26 heavy (non-hydrogen) atoms. The maximum Gasteiger partial charge on any atom is 0.283 e. The van der Waals surface area contributed by atoms with Crippen molar-refractivity contribution in [2.24, 2.45) is 0 Å². The van der Waals surface area contributed by atoms with Gasteiger partial charge in [-0.05, 0) is 29.5 Å². The van der Waals surface area contributed by atoms with Crippen molar-refractivity contribution in [2.45, 2.75) is 77.1 Å². The predicted molar refractivity (Wildman–Crippen MR) is 104 cm³/mol. The Morgan fingerprint density at radius 3 is 2.00 bits per heavy atom. The summed E-state index contributed by atoms with van der Waals surface area (Å²) < 4.78 is 12.6. The van der Waals surface area contributed by atoms with E-state index in [1.807, 2.05) is 0 Å². The molecule has 6 nitrogen and oxygen atoms in total. The molecule has 1 aliphatic rings. The summed E-state index contributed by atoms with van der Waals surface area (Å²) in [7, 11) is -2.31. The zero-order chi connectivity index (χ0) is 19.6. The van der Waals surface area contributed by atoms with Gasteiger partial charge in [0, 0.05) is 6.07 Å². The van der Waals surface area contributed by atoms with Crippen molar-refractivity contribution in [3.8, 4) is 11.5 Å². The summed E-state index contributed by atoms with van der Waals surface area (Å²) in [6.07, 6.45) is 2.51. The average molecular weight is 380 g/mol. The lowest BCUT2D eigenvalue weighted by Gasteiger charge is -2.42. The lowest BCUT2D eigenvalue weighted by Crippen LogP contribution is -2.50. The summed E-state index contributed by atoms with van der Waals surface area (Å²) in [6.45, 7) is 12.9. The van der Waals surface area contributed by atoms with Gasteiger partial charge >= 0.3 is 0 Å². The van der Waals surface area contributed by atoms with E-state index >= 15 is 0 Å². The van der Waals surface area contributed by atoms with Crippen LogP contribution in [0.4, 0.5) is 5.69 Å². The lowest BCUT2D eigenvalue weighted by molar-refractivity contribution is -0.385. The van der Waals surface area contributed by atoms with E-state index in [-0.39, 0.29) is 17.4 Å². The molecule has 0 aromatic heterocycles. The zero-order valence-corrected chi connectivity index (χ0v) is 17.4. The highest BCUT2D eigenvalue weighted by Gasteiger charge is 2.47. The molecule has 1 aromatic carbocycles. The SMILES string of the molecule is CC(C)[Si](Oc1cc([N+](=O)[O-])c(C=O)cc1OC1CC1)(C(C)C)C(C)C. The minimum Gasteiger partial charge on any atom is -0.540 e. The second-order valence-corrected chi connectivity index (χ2v) is 13.3. The van der Waals surface area contributed by atoms with E-state index in [9.17, 15) is 14.9 Å². The first-order valence-electron chi connectivity index (χ1n) is 9.26. The van der Waals surface area contributed by atoms with Crippen molar-refractivity contribution >= 4 is 20.3 Å². The number of aldehydes is 1. The van der Waals surface area contributed by atoms with Crippen LogP contribution in [0.25, 0.3) is 0 Å². The molecule has 0 spiro atoms. The van der Waals surface area contributed by atoms with Crippen molar-refractivity contribution in [3.05, 3.63) is 27.8 Å². The van der Waals surface area contributed by atoms with Crippen LogP contribution in [0.1, 0.15) is 64.7 Å². The van der Waals surface area contributed by atoms with Gasteiger partial charge < -0.3 is 9.16 Å². The molecule has 1 aliphatic carbocycles. The average Bonchev–Trinajstić information content (AvgIpc) is 3.35. The van der Waals surface area contributed by atoms with E-state index in [4.69, 9.17) is 9.16 Å². The number of nitro groups is 1. The van der Waals surface area contributed by atoms with Gasteiger partial charge in [0.25, 0.3) is 14.0 Å². The number of rotatable bonds is 9. The number of hydrogen-bond donors (Lipinski definition) is 0. The fraction of sp³-hybridized carbons (Fsp3) is 0.632. The third-order valence-corrected chi connectivity index (χ3v) is 11.2. The monoisotopic (exact) mass is 379 g/mol. The van der Waals surface area contributed by atoms with Gasteiger partial charge in [-0.2, -0.15) is 0 Å². The molecule has 0 heterocycles. The number of ether oxygens (including phenoxy) is 1. The van der Waals surface area contributed by atoms with E-state index in [0.717, 1.165) is 12.8 Å². The molecule has 0 N–H and O–H groups in total. The fourth-order valence-electron chi connectivity index (χ4n) is 3.90. The molecule has 0 bridgehead atoms. The van der Waals surface area contributed by atoms with Crippen LogP contribution >= 0.6 is 0 Å². The lowest BCUT2D eigenvalue weighted by atomic mass is 10.2. The fourth-order valence-corrected chi connectivity index (χ4v) is 9.15. The van der Waals surface area contributed by atoms with Gasteiger partial charge in [-0.15, -0.1) is 0 Å². The molecular formula is C19H29NO5Si. The number of hydrogen-bond acceptors (Lipinski definition) is 5. The predicted octanol–water partition coefficient (Wildman–Crippen LogP) is 5.50. The highest BCUT2D eigenvalue weighted by atomic mass is 28.4. The topological polar surface area (TPSA) is 78.7 Å². The van der Waals surface area contributed by atoms with Crippen molar-refractivity contribution in [3.63, 3.8) is 0 Å². The summed E-state index contributed by atoms with van der Waals surface area (Å²) >= 11 is 0. The smallest absolute Gasteiger partial charge is 0.283 e. The first-order chi connectivity index (χ1) is 12.1. The molecule has 0 radical (unpaired) electrons. The number of benzene rings is 1. The molecule has 0 aliphatic heterocycles. The van der Waals surface area contributed by atoms with Crippen LogP contribution in [-0.2, 0) is 0 Å². The molecule has 0 saturated heterocycles. The highest BCUT2D eigenvalue weighted by molar-refractivity contribution is 6.78. The molecule has 144 valence electrons. The zero-order valence-electron chi connectivity index (χ0n) is 16.4. The van der Waals surface area contributed by atoms with Gasteiger partial charge in [-0.1, -0.05) is 41.5 Å². The largest absolute Gasteiger partial charge is 0.540 e. The molecule has 1 saturated carbocycles. The number of carbonyl (C=O) groups is 1. The van der Waals surface area contributed by atoms with Gasteiger partial charge in [-0.3, -0.25) is 14.9 Å². The van der Waals surface area contributed by atoms with Crippen LogP contribution in [0.5, 0.6) is 11.5 Å². The van der Waals surface area contributed by atoms with Crippen LogP contribution in [0, 0.1) is 10.1 Å². The van der Waals surface area contributed by atoms with Gasteiger partial charge in [-0.25, -0.2) is 0 Å². The minimum absolute atomic E-state index is 0.0175. The summed E-state index contributed by atoms with van der Waals surface area (Å²) in [5, 5.41) is 11.4. The van der Waals surface area contributed by atoms with Crippen LogP contribution in [-0.4, -0.2) is 25.6 Å². The second kappa shape index (κ2) is 7.78. The molecule has 0 atom stereocenters. The van der Waals surface area contributed by atoms with Gasteiger partial charge in [0.2, 0.25) is 0 Å². The van der Waals surface area contributed by atoms with Crippen molar-refractivity contribution in [2.75, 3.05) is 0 Å². The highest BCUT2D eigenvalue weighted by Crippen LogP contribution is 2.46. The Labute approximate surface area is 156 Å². The van der Waals surface area contributed by atoms with E-state index in [2.05, 4.69) is 41.5 Å². The molecule has 1 fully saturated rings. The van der Waals surface area contributed by atoms with E-state index in [1.165, 1.54) is 12.1 Å². The van der Waals surface area contributed by atoms with Gasteiger partial charge in [0.1, 0.15) is 0 Å². The van der Waals surface area contributed by atoms with Gasteiger partial charge in [0.15, 0.2) is 17.8 Å². The summed E-state index contributed by atoms with van der Waals surface area (Å²) in [5.41, 5.74) is 0.740. The Bertz CT molecular complexity index is 661. The van der Waals surface area contributed by atoms with Crippen LogP contribution in [0.15, 0.2) is 12.1 Å². The van der Waals surface area contributed by atoms with Crippen molar-refractivity contribution in [1.82, 2.24) is 0 Å². The Morgan fingerprint density at radius 2 is 1.62 bits per heavy atom. The van der Waals surface area contributed by atoms with Crippen LogP contribution in [0.3, 0.4) is 0 Å². The van der Waals surface area contributed by atoms with Crippen molar-refractivity contribution in [1.29, 1.82) is 0 Å². The van der Waals surface area contributed by atoms with Crippen LogP contribution in [0.2, 0.25) is 16.6 Å². The minimum atomic E-state index is -2.31. The third-order valence-electron chi connectivity index (χ3n) is 5.23. The third kappa shape index (κ3) is 3.92. The first kappa shape index (κ1) is 20.4. The summed E-state index contributed by atoms with van der Waals surface area (Å²) in [6, 6.07) is 2.83. The molecule has 0 unspecified atom stereocenters.